The molecule has 0 spiro atoms. The normalized spacial score (nSPS) is 46.8. The summed E-state index contributed by atoms with van der Waals surface area (Å²) < 4.78 is 5.85. The molecule has 2 N–H and O–H groups in total. The molecule has 3 aliphatic carbocycles. The number of hydrogen-bond acceptors (Lipinski definition) is 5. The third kappa shape index (κ3) is 3.15. The Morgan fingerprint density at radius 1 is 1.28 bits per heavy atom. The van der Waals surface area contributed by atoms with Gasteiger partial charge in [-0.05, 0) is 42.9 Å². The van der Waals surface area contributed by atoms with Crippen molar-refractivity contribution in [3.05, 3.63) is 12.7 Å². The second-order valence-corrected chi connectivity index (χ2v) is 10.2. The van der Waals surface area contributed by atoms with Crippen molar-refractivity contribution in [1.82, 2.24) is 5.32 Å². The smallest absolute Gasteiger partial charge is 0.414 e. The van der Waals surface area contributed by atoms with E-state index in [2.05, 4.69) is 32.7 Å². The molecule has 3 rings (SSSR count). The van der Waals surface area contributed by atoms with Crippen LogP contribution >= 0.6 is 0 Å². The van der Waals surface area contributed by atoms with E-state index >= 15 is 0 Å². The molecule has 0 aromatic heterocycles. The van der Waals surface area contributed by atoms with Gasteiger partial charge in [-0.1, -0.05) is 33.8 Å². The molecule has 0 saturated heterocycles. The largest absolute Gasteiger partial charge is 0.445 e. The molecule has 2 amide bonds. The van der Waals surface area contributed by atoms with Gasteiger partial charge in [-0.3, -0.25) is 14.9 Å². The van der Waals surface area contributed by atoms with E-state index in [1.165, 1.54) is 6.92 Å². The number of carbonyl (C=O) groups is 3. The van der Waals surface area contributed by atoms with Crippen LogP contribution in [-0.2, 0) is 14.3 Å². The van der Waals surface area contributed by atoms with Crippen LogP contribution in [0.3, 0.4) is 0 Å². The highest BCUT2D eigenvalue weighted by molar-refractivity contribution is 5.90. The first-order valence-electron chi connectivity index (χ1n) is 10.7. The van der Waals surface area contributed by atoms with E-state index in [9.17, 15) is 19.5 Å². The molecular formula is C23H35NO5. The second-order valence-electron chi connectivity index (χ2n) is 10.2. The van der Waals surface area contributed by atoms with Crippen LogP contribution in [-0.4, -0.2) is 35.1 Å². The SMILES string of the molecule is C=C[C@]1(C)C[C@@H](OC(=O)NC(C)=O)[C@]2(C)[C@H](C)CC[C@]3(CCC(=O)[C@H]32)[C@@H](C)[C@@H]1O. The van der Waals surface area contributed by atoms with E-state index in [1.54, 1.807) is 6.08 Å². The first kappa shape index (κ1) is 22.0. The highest BCUT2D eigenvalue weighted by Gasteiger charge is 2.68. The predicted molar refractivity (Wildman–Crippen MR) is 109 cm³/mol. The zero-order valence-corrected chi connectivity index (χ0v) is 18.3. The van der Waals surface area contributed by atoms with Crippen LogP contribution in [0.5, 0.6) is 0 Å². The fraction of sp³-hybridized carbons (Fsp3) is 0.783. The maximum absolute atomic E-state index is 13.2. The Bertz CT molecular complexity index is 735. The minimum Gasteiger partial charge on any atom is -0.445 e. The molecule has 0 aromatic carbocycles. The Labute approximate surface area is 173 Å². The van der Waals surface area contributed by atoms with Crippen molar-refractivity contribution in [3.63, 3.8) is 0 Å². The third-order valence-corrected chi connectivity index (χ3v) is 8.83. The van der Waals surface area contributed by atoms with Gasteiger partial charge in [0.1, 0.15) is 11.9 Å². The molecule has 8 atom stereocenters. The maximum atomic E-state index is 13.2. The van der Waals surface area contributed by atoms with Crippen molar-refractivity contribution in [2.24, 2.45) is 34.0 Å². The summed E-state index contributed by atoms with van der Waals surface area (Å²) in [6, 6.07) is 0. The molecule has 0 aromatic rings. The van der Waals surface area contributed by atoms with E-state index in [4.69, 9.17) is 4.74 Å². The lowest BCUT2D eigenvalue weighted by molar-refractivity contribution is -0.191. The number of ether oxygens (including phenoxy) is 1. The van der Waals surface area contributed by atoms with Gasteiger partial charge in [-0.2, -0.15) is 0 Å². The van der Waals surface area contributed by atoms with E-state index in [0.717, 1.165) is 19.3 Å². The standard InChI is InChI=1S/C23H35NO5/c1-7-21(5)12-17(29-20(28)24-15(4)25)22(6)13(2)8-10-23(14(3)19(21)27)11-9-16(26)18(22)23/h7,13-14,17-19,27H,1,8-12H2,2-6H3,(H,24,25,28)/t13-,14+,17-,18+,19+,21-,22+,23+/m1/s1. The number of aliphatic hydroxyl groups excluding tert-OH is 1. The predicted octanol–water partition coefficient (Wildman–Crippen LogP) is 3.62. The van der Waals surface area contributed by atoms with Crippen LogP contribution in [0.25, 0.3) is 0 Å². The summed E-state index contributed by atoms with van der Waals surface area (Å²) in [6.45, 7) is 13.4. The topological polar surface area (TPSA) is 92.7 Å². The minimum atomic E-state index is -0.799. The zero-order valence-electron chi connectivity index (χ0n) is 18.3. The molecule has 3 saturated carbocycles. The Hall–Kier alpha value is -1.69. The lowest BCUT2D eigenvalue weighted by Gasteiger charge is -2.61. The lowest BCUT2D eigenvalue weighted by Crippen LogP contribution is -2.63. The van der Waals surface area contributed by atoms with Crippen LogP contribution in [0.1, 0.15) is 66.7 Å². The van der Waals surface area contributed by atoms with Crippen molar-refractivity contribution in [2.45, 2.75) is 78.9 Å². The number of rotatable bonds is 2. The van der Waals surface area contributed by atoms with Crippen LogP contribution in [0.2, 0.25) is 0 Å². The molecule has 29 heavy (non-hydrogen) atoms. The van der Waals surface area contributed by atoms with Gasteiger partial charge in [0.25, 0.3) is 0 Å². The first-order valence-corrected chi connectivity index (χ1v) is 10.7. The van der Waals surface area contributed by atoms with Crippen molar-refractivity contribution < 1.29 is 24.2 Å². The van der Waals surface area contributed by atoms with Gasteiger partial charge in [0.2, 0.25) is 5.91 Å². The van der Waals surface area contributed by atoms with Crippen molar-refractivity contribution in [1.29, 1.82) is 0 Å². The summed E-state index contributed by atoms with van der Waals surface area (Å²) in [4.78, 5) is 37.0. The quantitative estimate of drug-likeness (QED) is 0.685. The van der Waals surface area contributed by atoms with Crippen molar-refractivity contribution in [3.8, 4) is 0 Å². The highest BCUT2D eigenvalue weighted by Crippen LogP contribution is 2.67. The molecule has 2 bridgehead atoms. The summed E-state index contributed by atoms with van der Waals surface area (Å²) in [6.07, 6.45) is 3.06. The van der Waals surface area contributed by atoms with Crippen LogP contribution in [0, 0.1) is 34.0 Å². The van der Waals surface area contributed by atoms with Crippen molar-refractivity contribution >= 4 is 17.8 Å². The Morgan fingerprint density at radius 3 is 2.52 bits per heavy atom. The molecule has 3 fully saturated rings. The minimum absolute atomic E-state index is 0.0687. The van der Waals surface area contributed by atoms with E-state index in [-0.39, 0.29) is 29.0 Å². The Balaban J connectivity index is 2.16. The number of ketones is 1. The number of nitrogens with one attached hydrogen (secondary N) is 1. The molecule has 6 heteroatoms. The van der Waals surface area contributed by atoms with Gasteiger partial charge in [0.05, 0.1) is 6.10 Å². The summed E-state index contributed by atoms with van der Waals surface area (Å²) in [7, 11) is 0. The Kier molecular flexibility index (Phi) is 5.48. The summed E-state index contributed by atoms with van der Waals surface area (Å²) in [5.41, 5.74) is -1.55. The number of Topliss-reactive ketones (excluding diaryl/α,β-unsaturated/α-hetero) is 1. The van der Waals surface area contributed by atoms with Gasteiger partial charge in [0.15, 0.2) is 0 Å². The molecule has 0 unspecified atom stereocenters. The average molecular weight is 406 g/mol. The number of carbonyl (C=O) groups excluding carboxylic acids is 3. The van der Waals surface area contributed by atoms with E-state index < -0.39 is 35.0 Å². The van der Waals surface area contributed by atoms with Gasteiger partial charge in [-0.25, -0.2) is 4.79 Å². The van der Waals surface area contributed by atoms with Crippen LogP contribution in [0.4, 0.5) is 4.79 Å². The second kappa shape index (κ2) is 7.22. The van der Waals surface area contributed by atoms with E-state index in [0.29, 0.717) is 12.8 Å². The molecular weight excluding hydrogens is 370 g/mol. The van der Waals surface area contributed by atoms with E-state index in [1.807, 2.05) is 6.92 Å². The fourth-order valence-electron chi connectivity index (χ4n) is 6.80. The van der Waals surface area contributed by atoms with Crippen molar-refractivity contribution in [2.75, 3.05) is 0 Å². The molecule has 0 heterocycles. The maximum Gasteiger partial charge on any atom is 0.414 e. The third-order valence-electron chi connectivity index (χ3n) is 8.83. The summed E-state index contributed by atoms with van der Waals surface area (Å²) in [5.74, 6) is -0.460. The first-order chi connectivity index (χ1) is 13.4. The van der Waals surface area contributed by atoms with Gasteiger partial charge in [0, 0.05) is 30.1 Å². The number of amides is 2. The number of alkyl carbamates (subject to hydrolysis) is 1. The zero-order chi connectivity index (χ0) is 21.8. The average Bonchev–Trinajstić information content (AvgIpc) is 3.00. The lowest BCUT2D eigenvalue weighted by atomic mass is 9.44. The monoisotopic (exact) mass is 405 g/mol. The molecule has 162 valence electrons. The van der Waals surface area contributed by atoms with Crippen LogP contribution < -0.4 is 5.32 Å². The number of hydrogen-bond donors (Lipinski definition) is 2. The number of imide groups is 1. The van der Waals surface area contributed by atoms with Gasteiger partial charge >= 0.3 is 6.09 Å². The molecule has 0 aliphatic heterocycles. The van der Waals surface area contributed by atoms with Gasteiger partial charge in [-0.15, -0.1) is 6.58 Å². The molecule has 3 aliphatic rings. The van der Waals surface area contributed by atoms with Crippen LogP contribution in [0.15, 0.2) is 12.7 Å². The fourth-order valence-corrected chi connectivity index (χ4v) is 6.80. The van der Waals surface area contributed by atoms with Gasteiger partial charge < -0.3 is 9.84 Å². The summed E-state index contributed by atoms with van der Waals surface area (Å²) in [5, 5.41) is 13.6. The summed E-state index contributed by atoms with van der Waals surface area (Å²) >= 11 is 0. The Morgan fingerprint density at radius 2 is 1.93 bits per heavy atom. The highest BCUT2D eigenvalue weighted by atomic mass is 16.6. The number of aliphatic hydroxyl groups is 1. The molecule has 0 radical (unpaired) electrons. The molecule has 6 nitrogen and oxygen atoms in total.